The van der Waals surface area contributed by atoms with Crippen LogP contribution in [-0.2, 0) is 0 Å². The van der Waals surface area contributed by atoms with Gasteiger partial charge < -0.3 is 5.32 Å². The van der Waals surface area contributed by atoms with Crippen molar-refractivity contribution in [2.24, 2.45) is 0 Å². The monoisotopic (exact) mass is 399 g/mol. The van der Waals surface area contributed by atoms with Gasteiger partial charge in [-0.25, -0.2) is 19.9 Å². The molecule has 2 N–H and O–H groups in total. The van der Waals surface area contributed by atoms with E-state index in [1.165, 1.54) is 0 Å². The number of nitrogens with zero attached hydrogens (tertiary/aromatic N) is 5. The molecule has 0 aliphatic heterocycles. The van der Waals surface area contributed by atoms with Crippen LogP contribution in [0.4, 0.5) is 11.5 Å². The molecule has 8 heteroatoms. The van der Waals surface area contributed by atoms with Crippen molar-refractivity contribution in [3.63, 3.8) is 0 Å². The van der Waals surface area contributed by atoms with E-state index >= 15 is 0 Å². The Morgan fingerprint density at radius 2 is 1.76 bits per heavy atom. The minimum Gasteiger partial charge on any atom is -0.338 e. The van der Waals surface area contributed by atoms with Gasteiger partial charge in [0.2, 0.25) is 0 Å². The predicted octanol–water partition coefficient (Wildman–Crippen LogP) is 4.74. The zero-order valence-electron chi connectivity index (χ0n) is 15.8. The Kier molecular flexibility index (Phi) is 4.33. The van der Waals surface area contributed by atoms with E-state index in [0.717, 1.165) is 38.3 Å². The van der Waals surface area contributed by atoms with Crippen LogP contribution >= 0.6 is 11.8 Å². The molecule has 2 aromatic carbocycles. The SMILES string of the molecule is CSc1cc(-c2nc3ccccc3nc2Nc2cccc3[nH]ncc23)nc(C)n1. The molecule has 0 spiro atoms. The van der Waals surface area contributed by atoms with Gasteiger partial charge in [-0.1, -0.05) is 18.2 Å². The third-order valence-corrected chi connectivity index (χ3v) is 5.20. The molecule has 0 bridgehead atoms. The van der Waals surface area contributed by atoms with Crippen molar-refractivity contribution in [2.75, 3.05) is 11.6 Å². The molecule has 5 aromatic rings. The van der Waals surface area contributed by atoms with Gasteiger partial charge in [0.15, 0.2) is 5.82 Å². The van der Waals surface area contributed by atoms with E-state index in [2.05, 4.69) is 25.5 Å². The average molecular weight is 399 g/mol. The van der Waals surface area contributed by atoms with Crippen molar-refractivity contribution >= 4 is 45.2 Å². The first kappa shape index (κ1) is 17.6. The van der Waals surface area contributed by atoms with Crippen LogP contribution < -0.4 is 5.32 Å². The van der Waals surface area contributed by atoms with Gasteiger partial charge in [-0.05, 0) is 43.5 Å². The number of rotatable bonds is 4. The first-order chi connectivity index (χ1) is 14.2. The van der Waals surface area contributed by atoms with Crippen LogP contribution in [0.15, 0.2) is 59.8 Å². The van der Waals surface area contributed by atoms with Gasteiger partial charge in [0, 0.05) is 5.39 Å². The molecule has 0 unspecified atom stereocenters. The smallest absolute Gasteiger partial charge is 0.159 e. The van der Waals surface area contributed by atoms with Crippen molar-refractivity contribution < 1.29 is 0 Å². The predicted molar refractivity (Wildman–Crippen MR) is 116 cm³/mol. The van der Waals surface area contributed by atoms with Gasteiger partial charge in [0.1, 0.15) is 16.5 Å². The van der Waals surface area contributed by atoms with Crippen LogP contribution in [0.3, 0.4) is 0 Å². The van der Waals surface area contributed by atoms with Crippen molar-refractivity contribution in [3.8, 4) is 11.4 Å². The first-order valence-corrected chi connectivity index (χ1v) is 10.3. The van der Waals surface area contributed by atoms with Gasteiger partial charge in [0.05, 0.1) is 34.1 Å². The summed E-state index contributed by atoms with van der Waals surface area (Å²) < 4.78 is 0. The van der Waals surface area contributed by atoms with Gasteiger partial charge in [-0.3, -0.25) is 5.10 Å². The molecule has 0 aliphatic rings. The number of hydrogen-bond donors (Lipinski definition) is 2. The Labute approximate surface area is 171 Å². The molecule has 3 aromatic heterocycles. The number of para-hydroxylation sites is 2. The van der Waals surface area contributed by atoms with Crippen molar-refractivity contribution in [1.29, 1.82) is 0 Å². The Hall–Kier alpha value is -3.52. The van der Waals surface area contributed by atoms with Gasteiger partial charge in [-0.15, -0.1) is 11.8 Å². The van der Waals surface area contributed by atoms with E-state index in [9.17, 15) is 0 Å². The highest BCUT2D eigenvalue weighted by Crippen LogP contribution is 2.32. The summed E-state index contributed by atoms with van der Waals surface area (Å²) in [7, 11) is 0. The molecule has 3 heterocycles. The fourth-order valence-corrected chi connectivity index (χ4v) is 3.69. The molecule has 0 fully saturated rings. The van der Waals surface area contributed by atoms with Gasteiger partial charge in [-0.2, -0.15) is 5.10 Å². The molecule has 0 aliphatic carbocycles. The number of aromatic nitrogens is 6. The van der Waals surface area contributed by atoms with E-state index in [1.807, 2.05) is 61.7 Å². The van der Waals surface area contributed by atoms with E-state index in [-0.39, 0.29) is 0 Å². The number of aryl methyl sites for hydroxylation is 1. The summed E-state index contributed by atoms with van der Waals surface area (Å²) in [6, 6.07) is 15.7. The maximum absolute atomic E-state index is 4.88. The third-order valence-electron chi connectivity index (χ3n) is 4.57. The fraction of sp³-hybridized carbons (Fsp3) is 0.0952. The highest BCUT2D eigenvalue weighted by molar-refractivity contribution is 7.98. The lowest BCUT2D eigenvalue weighted by atomic mass is 10.2. The summed E-state index contributed by atoms with van der Waals surface area (Å²) >= 11 is 1.58. The number of benzene rings is 2. The minimum absolute atomic E-state index is 0.641. The number of nitrogens with one attached hydrogen (secondary N) is 2. The Morgan fingerprint density at radius 1 is 0.931 bits per heavy atom. The lowest BCUT2D eigenvalue weighted by Crippen LogP contribution is -2.03. The van der Waals surface area contributed by atoms with E-state index in [4.69, 9.17) is 9.97 Å². The van der Waals surface area contributed by atoms with E-state index < -0.39 is 0 Å². The van der Waals surface area contributed by atoms with E-state index in [1.54, 1.807) is 18.0 Å². The van der Waals surface area contributed by atoms with Crippen LogP contribution in [0.5, 0.6) is 0 Å². The average Bonchev–Trinajstić information content (AvgIpc) is 3.23. The Morgan fingerprint density at radius 3 is 2.59 bits per heavy atom. The topological polar surface area (TPSA) is 92.3 Å². The van der Waals surface area contributed by atoms with Gasteiger partial charge >= 0.3 is 0 Å². The summed E-state index contributed by atoms with van der Waals surface area (Å²) in [6.45, 7) is 1.89. The van der Waals surface area contributed by atoms with Crippen molar-refractivity contribution in [3.05, 3.63) is 60.6 Å². The molecule has 0 atom stereocenters. The lowest BCUT2D eigenvalue weighted by Gasteiger charge is -2.13. The molecule has 29 heavy (non-hydrogen) atoms. The molecular formula is C21H17N7S. The van der Waals surface area contributed by atoms with Crippen molar-refractivity contribution in [1.82, 2.24) is 30.1 Å². The zero-order valence-corrected chi connectivity index (χ0v) is 16.7. The number of aromatic amines is 1. The second-order valence-electron chi connectivity index (χ2n) is 6.51. The number of thioether (sulfide) groups is 1. The molecule has 0 amide bonds. The number of H-pyrrole nitrogens is 1. The second-order valence-corrected chi connectivity index (χ2v) is 7.34. The minimum atomic E-state index is 0.641. The van der Waals surface area contributed by atoms with Crippen LogP contribution in [-0.4, -0.2) is 36.4 Å². The normalized spacial score (nSPS) is 11.2. The lowest BCUT2D eigenvalue weighted by molar-refractivity contribution is 0.970. The standard InChI is InChI=1S/C21H17N7S/c1-12-23-18(10-19(24-12)29-2)20-21(27-17-7-4-3-6-16(17)25-20)26-14-8-5-9-15-13(14)11-22-28-15/h3-11H,1-2H3,(H,22,28)(H,26,27). The van der Waals surface area contributed by atoms with Gasteiger partial charge in [0.25, 0.3) is 0 Å². The highest BCUT2D eigenvalue weighted by Gasteiger charge is 2.15. The Balaban J connectivity index is 1.72. The zero-order chi connectivity index (χ0) is 19.8. The highest BCUT2D eigenvalue weighted by atomic mass is 32.2. The largest absolute Gasteiger partial charge is 0.338 e. The number of fused-ring (bicyclic) bond motifs is 2. The molecule has 5 rings (SSSR count). The summed E-state index contributed by atoms with van der Waals surface area (Å²) in [5, 5.41) is 12.5. The molecule has 0 radical (unpaired) electrons. The molecular weight excluding hydrogens is 382 g/mol. The summed E-state index contributed by atoms with van der Waals surface area (Å²) in [6.07, 6.45) is 3.79. The summed E-state index contributed by atoms with van der Waals surface area (Å²) in [5.74, 6) is 1.34. The van der Waals surface area contributed by atoms with Crippen LogP contribution in [0.2, 0.25) is 0 Å². The quantitative estimate of drug-likeness (QED) is 0.333. The summed E-state index contributed by atoms with van der Waals surface area (Å²) in [4.78, 5) is 18.8. The van der Waals surface area contributed by atoms with E-state index in [0.29, 0.717) is 17.3 Å². The number of anilines is 2. The molecule has 0 saturated carbocycles. The van der Waals surface area contributed by atoms with Crippen LogP contribution in [0.1, 0.15) is 5.82 Å². The fourth-order valence-electron chi connectivity index (χ4n) is 3.24. The maximum atomic E-state index is 4.88. The Bertz CT molecular complexity index is 1350. The molecule has 0 saturated heterocycles. The van der Waals surface area contributed by atoms with Crippen molar-refractivity contribution in [2.45, 2.75) is 11.9 Å². The maximum Gasteiger partial charge on any atom is 0.159 e. The van der Waals surface area contributed by atoms with Crippen LogP contribution in [0, 0.1) is 6.92 Å². The summed E-state index contributed by atoms with van der Waals surface area (Å²) in [5.41, 5.74) is 4.91. The second kappa shape index (κ2) is 7.14. The third kappa shape index (κ3) is 3.27. The number of hydrogen-bond acceptors (Lipinski definition) is 7. The molecule has 142 valence electrons. The molecule has 7 nitrogen and oxygen atoms in total. The first-order valence-electron chi connectivity index (χ1n) is 9.07. The van der Waals surface area contributed by atoms with Crippen LogP contribution in [0.25, 0.3) is 33.3 Å².